The molecule has 1 N–H and O–H groups in total. The van der Waals surface area contributed by atoms with Crippen molar-refractivity contribution >= 4 is 42.5 Å². The van der Waals surface area contributed by atoms with Gasteiger partial charge in [0.25, 0.3) is 0 Å². The van der Waals surface area contributed by atoms with Crippen LogP contribution in [-0.4, -0.2) is 11.8 Å². The van der Waals surface area contributed by atoms with E-state index in [0.29, 0.717) is 0 Å². The molecule has 5 rings (SSSR count). The fourth-order valence-electron chi connectivity index (χ4n) is 5.35. The zero-order valence-corrected chi connectivity index (χ0v) is 25.9. The average molecular weight is 611 g/mol. The molecule has 4 aromatic rings. The Bertz CT molecular complexity index is 1400. The molecule has 183 valence electrons. The second kappa shape index (κ2) is 9.40. The van der Waals surface area contributed by atoms with E-state index in [1.807, 2.05) is 57.2 Å². The van der Waals surface area contributed by atoms with Gasteiger partial charge in [0.1, 0.15) is 0 Å². The summed E-state index contributed by atoms with van der Waals surface area (Å²) in [5, 5.41) is 2.28. The molecule has 0 atom stereocenters. The van der Waals surface area contributed by atoms with E-state index in [1.165, 1.54) is 16.7 Å². The minimum atomic E-state index is -5.38. The molecule has 2 nitrogen and oxygen atoms in total. The molecule has 0 aliphatic heterocycles. The number of benzene rings is 4. The van der Waals surface area contributed by atoms with Crippen LogP contribution < -0.4 is 16.9 Å². The standard InChI is InChI=1S/C13H9.C12H11Si.C5H11NO.2ClH.Zr/c1-3-7-12-10(5-1)9-11-6-2-4-8-13(11)12;1-3-7-11(8-4-1)13-12-9-5-2-6-10-12;1-5(2,3)4(6)7;;;/h1-5,7-8H,9H2;1-10,13H;1-3H3,(H2,6,7);2*1H;/q;;;;;+3/p-3. The van der Waals surface area contributed by atoms with Crippen molar-refractivity contribution in [3.8, 4) is 11.1 Å². The van der Waals surface area contributed by atoms with Crippen LogP contribution in [0.3, 0.4) is 0 Å². The molecule has 0 spiro atoms. The summed E-state index contributed by atoms with van der Waals surface area (Å²) in [5.41, 5.74) is 4.19. The van der Waals surface area contributed by atoms with Gasteiger partial charge in [0.05, 0.1) is 0 Å². The predicted octanol–water partition coefficient (Wildman–Crippen LogP) is 5.50. The normalized spacial score (nSPS) is 14.0. The van der Waals surface area contributed by atoms with E-state index < -0.39 is 27.2 Å². The first kappa shape index (κ1) is 25.7. The van der Waals surface area contributed by atoms with E-state index >= 15 is 0 Å². The van der Waals surface area contributed by atoms with Gasteiger partial charge in [0.15, 0.2) is 0 Å². The Morgan fingerprint density at radius 2 is 1.28 bits per heavy atom. The van der Waals surface area contributed by atoms with Gasteiger partial charge in [-0.1, -0.05) is 0 Å². The van der Waals surface area contributed by atoms with Crippen LogP contribution >= 0.6 is 17.0 Å². The Kier molecular flexibility index (Phi) is 6.71. The van der Waals surface area contributed by atoms with Gasteiger partial charge in [0.2, 0.25) is 0 Å². The number of halogens is 2. The number of hydrogen-bond donors (Lipinski definition) is 1. The van der Waals surface area contributed by atoms with Gasteiger partial charge in [-0.15, -0.1) is 0 Å². The van der Waals surface area contributed by atoms with E-state index in [2.05, 4.69) is 70.0 Å². The van der Waals surface area contributed by atoms with Gasteiger partial charge in [-0.25, -0.2) is 0 Å². The SMILES string of the molecule is CC(C)(C)C(=O)[NH][Zr]([Cl])([Cl])([c]1cccc2c1Cc1ccccc1-2)[SiH](c1ccccc1)c1ccccc1. The van der Waals surface area contributed by atoms with Gasteiger partial charge in [0, 0.05) is 0 Å². The van der Waals surface area contributed by atoms with E-state index in [4.69, 9.17) is 17.0 Å². The van der Waals surface area contributed by atoms with Gasteiger partial charge in [-0.05, 0) is 0 Å². The quantitative estimate of drug-likeness (QED) is 0.262. The van der Waals surface area contributed by atoms with Gasteiger partial charge in [-0.2, -0.15) is 0 Å². The molecule has 0 heterocycles. The van der Waals surface area contributed by atoms with Crippen LogP contribution in [0.5, 0.6) is 0 Å². The van der Waals surface area contributed by atoms with Crippen molar-refractivity contribution in [1.29, 1.82) is 0 Å². The van der Waals surface area contributed by atoms with Crippen molar-refractivity contribution in [3.63, 3.8) is 0 Å². The van der Waals surface area contributed by atoms with E-state index in [9.17, 15) is 4.79 Å². The van der Waals surface area contributed by atoms with Crippen molar-refractivity contribution in [1.82, 2.24) is 3.26 Å². The number of fused-ring (bicyclic) bond motifs is 3. The first-order chi connectivity index (χ1) is 17.1. The Morgan fingerprint density at radius 3 is 1.86 bits per heavy atom. The Hall–Kier alpha value is -1.97. The van der Waals surface area contributed by atoms with E-state index in [1.54, 1.807) is 0 Å². The van der Waals surface area contributed by atoms with Crippen molar-refractivity contribution in [2.75, 3.05) is 0 Å². The second-order valence-corrected chi connectivity index (χ2v) is 46.0. The second-order valence-electron chi connectivity index (χ2n) is 10.7. The average Bonchev–Trinajstić information content (AvgIpc) is 3.23. The molecule has 1 aliphatic carbocycles. The minimum absolute atomic E-state index is 0.101. The summed E-state index contributed by atoms with van der Waals surface area (Å²) >= 11 is -5.38. The zero-order valence-electron chi connectivity index (χ0n) is 20.8. The molecular formula is C30H30Cl2NOSiZr. The molecule has 0 bridgehead atoms. The Labute approximate surface area is 222 Å². The third-order valence-electron chi connectivity index (χ3n) is 7.14. The molecule has 0 saturated heterocycles. The van der Waals surface area contributed by atoms with Crippen LogP contribution in [0.15, 0.2) is 103 Å². The summed E-state index contributed by atoms with van der Waals surface area (Å²) in [6.45, 7) is 5.75. The fraction of sp³-hybridized carbons (Fsp3) is 0.167. The summed E-state index contributed by atoms with van der Waals surface area (Å²) in [4.78, 5) is 13.7. The maximum atomic E-state index is 13.7. The molecular weight excluding hydrogens is 581 g/mol. The number of hydrogen-bond acceptors (Lipinski definition) is 1. The van der Waals surface area contributed by atoms with Crippen LogP contribution in [0, 0.1) is 5.41 Å². The summed E-state index contributed by atoms with van der Waals surface area (Å²) in [7, 11) is 16.2. The van der Waals surface area contributed by atoms with Crippen LogP contribution in [0.1, 0.15) is 31.9 Å². The van der Waals surface area contributed by atoms with Crippen molar-refractivity contribution in [2.45, 2.75) is 27.2 Å². The molecule has 0 aromatic heterocycles. The summed E-state index contributed by atoms with van der Waals surface area (Å²) in [6.07, 6.45) is 0.765. The number of carbonyl (C=O) groups is 1. The molecule has 4 aromatic carbocycles. The number of rotatable bonds is 5. The van der Waals surface area contributed by atoms with Crippen molar-refractivity contribution in [3.05, 3.63) is 114 Å². The van der Waals surface area contributed by atoms with Gasteiger partial charge in [-0.3, -0.25) is 0 Å². The van der Waals surface area contributed by atoms with Crippen LogP contribution in [0.4, 0.5) is 0 Å². The third-order valence-corrected chi connectivity index (χ3v) is 41.9. The zero-order chi connectivity index (χ0) is 25.6. The molecule has 0 unspecified atom stereocenters. The summed E-state index contributed by atoms with van der Waals surface area (Å²) in [6, 6.07) is 35.5. The molecule has 1 aliphatic rings. The van der Waals surface area contributed by atoms with Crippen LogP contribution in [0.2, 0.25) is 0 Å². The summed E-state index contributed by atoms with van der Waals surface area (Å²) < 4.78 is 4.41. The number of amides is 1. The van der Waals surface area contributed by atoms with E-state index in [-0.39, 0.29) is 5.91 Å². The molecule has 6 heteroatoms. The molecule has 36 heavy (non-hydrogen) atoms. The topological polar surface area (TPSA) is 29.1 Å². The molecule has 0 radical (unpaired) electrons. The van der Waals surface area contributed by atoms with Gasteiger partial charge < -0.3 is 0 Å². The molecule has 0 fully saturated rings. The first-order valence-corrected chi connectivity index (χ1v) is 27.1. The van der Waals surface area contributed by atoms with Crippen LogP contribution in [-0.2, 0) is 27.1 Å². The van der Waals surface area contributed by atoms with E-state index in [0.717, 1.165) is 25.6 Å². The summed E-state index contributed by atoms with van der Waals surface area (Å²) in [5.74, 6) is -2.47. The Morgan fingerprint density at radius 1 is 0.750 bits per heavy atom. The fourth-order valence-corrected chi connectivity index (χ4v) is 43.0. The molecule has 1 amide bonds. The van der Waals surface area contributed by atoms with Crippen LogP contribution in [0.25, 0.3) is 11.1 Å². The maximum absolute atomic E-state index is 13.7. The monoisotopic (exact) mass is 608 g/mol. The van der Waals surface area contributed by atoms with Crippen molar-refractivity contribution in [2.24, 2.45) is 5.41 Å². The van der Waals surface area contributed by atoms with Gasteiger partial charge >= 0.3 is 224 Å². The number of carbonyl (C=O) groups excluding carboxylic acids is 1. The third kappa shape index (κ3) is 4.47. The Balaban J connectivity index is 1.82. The predicted molar refractivity (Wildman–Crippen MR) is 153 cm³/mol. The first-order valence-electron chi connectivity index (χ1n) is 12.3. The van der Waals surface area contributed by atoms with Crippen molar-refractivity contribution < 1.29 is 20.6 Å². The molecule has 0 saturated carbocycles. The number of nitrogens with one attached hydrogen (secondary N) is 1.